The van der Waals surface area contributed by atoms with Crippen molar-refractivity contribution in [1.29, 1.82) is 0 Å². The van der Waals surface area contributed by atoms with Crippen molar-refractivity contribution >= 4 is 53.7 Å². The van der Waals surface area contributed by atoms with Gasteiger partial charge in [0.05, 0.1) is 0 Å². The molecular formula is C54H38S. The molecule has 11 rings (SSSR count). The van der Waals surface area contributed by atoms with E-state index in [0.717, 1.165) is 0 Å². The first-order valence-corrected chi connectivity index (χ1v) is 20.1. The summed E-state index contributed by atoms with van der Waals surface area (Å²) in [6.45, 7) is 4.79. The first-order valence-electron chi connectivity index (χ1n) is 19.3. The predicted molar refractivity (Wildman–Crippen MR) is 237 cm³/mol. The number of thiophene rings is 1. The van der Waals surface area contributed by atoms with Gasteiger partial charge in [-0.25, -0.2) is 0 Å². The highest BCUT2D eigenvalue weighted by atomic mass is 32.1. The summed E-state index contributed by atoms with van der Waals surface area (Å²) in [7, 11) is 0. The number of hydrogen-bond acceptors (Lipinski definition) is 1. The van der Waals surface area contributed by atoms with E-state index in [-0.39, 0.29) is 11.3 Å². The molecule has 0 amide bonds. The molecule has 1 aliphatic carbocycles. The van der Waals surface area contributed by atoms with Crippen molar-refractivity contribution in [1.82, 2.24) is 0 Å². The van der Waals surface area contributed by atoms with Crippen LogP contribution in [0.15, 0.2) is 188 Å². The van der Waals surface area contributed by atoms with E-state index >= 15 is 0 Å². The maximum absolute atomic E-state index is 2.46. The third kappa shape index (κ3) is 5.04. The van der Waals surface area contributed by atoms with Gasteiger partial charge in [-0.15, -0.1) is 11.3 Å². The highest BCUT2D eigenvalue weighted by Gasteiger charge is 2.38. The Morgan fingerprint density at radius 3 is 1.49 bits per heavy atom. The van der Waals surface area contributed by atoms with E-state index in [1.807, 2.05) is 11.3 Å². The molecule has 55 heavy (non-hydrogen) atoms. The zero-order valence-electron chi connectivity index (χ0n) is 30.9. The summed E-state index contributed by atoms with van der Waals surface area (Å²) in [6, 6.07) is 70.2. The Morgan fingerprint density at radius 2 is 0.855 bits per heavy atom. The molecule has 0 aliphatic heterocycles. The molecule has 1 unspecified atom stereocenters. The molecule has 0 nitrogen and oxygen atoms in total. The lowest BCUT2D eigenvalue weighted by Gasteiger charge is -2.23. The summed E-state index contributed by atoms with van der Waals surface area (Å²) in [4.78, 5) is 1.43. The fourth-order valence-electron chi connectivity index (χ4n) is 9.48. The summed E-state index contributed by atoms with van der Waals surface area (Å²) in [5.41, 5.74) is 13.1. The van der Waals surface area contributed by atoms with Crippen LogP contribution >= 0.6 is 11.3 Å². The Kier molecular flexibility index (Phi) is 7.24. The Hall–Kier alpha value is -6.28. The van der Waals surface area contributed by atoms with Crippen LogP contribution < -0.4 is 0 Å². The van der Waals surface area contributed by atoms with Gasteiger partial charge < -0.3 is 0 Å². The van der Waals surface area contributed by atoms with Crippen LogP contribution in [0.2, 0.25) is 0 Å². The standard InChI is InChI=1S/C54H38S/c1-54(2)49-33-39(28-31-46(49)53-52(54)47-18-10-11-19-50(47)55-53)36-22-26-38(27-23-36)51(37-24-20-35(21-25-37)34-12-4-3-5-13-34)40-29-30-45-43-16-7-6-14-41(43)42-15-8-9-17-44(42)48(45)32-40/h3-33,51H,1-2H3. The van der Waals surface area contributed by atoms with Crippen LogP contribution in [-0.4, -0.2) is 0 Å². The van der Waals surface area contributed by atoms with Crippen LogP contribution in [0.4, 0.5) is 0 Å². The normalized spacial score (nSPS) is 13.7. The van der Waals surface area contributed by atoms with E-state index in [1.165, 1.54) is 103 Å². The highest BCUT2D eigenvalue weighted by Crippen LogP contribution is 2.56. The second-order valence-electron chi connectivity index (χ2n) is 15.6. The summed E-state index contributed by atoms with van der Waals surface area (Å²) < 4.78 is 1.38. The highest BCUT2D eigenvalue weighted by molar-refractivity contribution is 7.22. The van der Waals surface area contributed by atoms with Gasteiger partial charge in [0.25, 0.3) is 0 Å². The van der Waals surface area contributed by atoms with E-state index in [4.69, 9.17) is 0 Å². The zero-order valence-corrected chi connectivity index (χ0v) is 31.7. The van der Waals surface area contributed by atoms with E-state index in [1.54, 1.807) is 0 Å². The number of rotatable bonds is 5. The van der Waals surface area contributed by atoms with Crippen LogP contribution in [0, 0.1) is 0 Å². The summed E-state index contributed by atoms with van der Waals surface area (Å²) in [6.07, 6.45) is 0. The van der Waals surface area contributed by atoms with E-state index in [9.17, 15) is 0 Å². The molecule has 0 N–H and O–H groups in total. The fraction of sp³-hybridized carbons (Fsp3) is 0.0741. The minimum atomic E-state index is -0.0528. The van der Waals surface area contributed by atoms with Gasteiger partial charge in [-0.1, -0.05) is 184 Å². The molecule has 9 aromatic carbocycles. The third-order valence-electron chi connectivity index (χ3n) is 12.2. The largest absolute Gasteiger partial charge is 0.135 e. The van der Waals surface area contributed by atoms with Crippen molar-refractivity contribution in [3.63, 3.8) is 0 Å². The van der Waals surface area contributed by atoms with Gasteiger partial charge >= 0.3 is 0 Å². The van der Waals surface area contributed by atoms with Crippen LogP contribution in [0.1, 0.15) is 47.6 Å². The molecule has 0 fully saturated rings. The van der Waals surface area contributed by atoms with E-state index < -0.39 is 0 Å². The van der Waals surface area contributed by atoms with Crippen molar-refractivity contribution < 1.29 is 0 Å². The maximum Gasteiger partial charge on any atom is 0.0399 e. The quantitative estimate of drug-likeness (QED) is 0.123. The molecule has 0 saturated heterocycles. The van der Waals surface area contributed by atoms with Crippen LogP contribution in [-0.2, 0) is 5.41 Å². The minimum absolute atomic E-state index is 0.0528. The second kappa shape index (κ2) is 12.4. The van der Waals surface area contributed by atoms with Crippen molar-refractivity contribution in [2.75, 3.05) is 0 Å². The molecule has 0 radical (unpaired) electrons. The maximum atomic E-state index is 2.46. The van der Waals surface area contributed by atoms with Crippen LogP contribution in [0.25, 0.3) is 75.1 Å². The number of hydrogen-bond donors (Lipinski definition) is 0. The molecule has 1 heteroatoms. The van der Waals surface area contributed by atoms with Gasteiger partial charge in [0.1, 0.15) is 0 Å². The van der Waals surface area contributed by atoms with Crippen LogP contribution in [0.5, 0.6) is 0 Å². The van der Waals surface area contributed by atoms with Crippen molar-refractivity contribution in [2.45, 2.75) is 25.2 Å². The third-order valence-corrected chi connectivity index (χ3v) is 13.4. The fourth-order valence-corrected chi connectivity index (χ4v) is 10.9. The monoisotopic (exact) mass is 718 g/mol. The lowest BCUT2D eigenvalue weighted by molar-refractivity contribution is 0.667. The molecule has 1 heterocycles. The van der Waals surface area contributed by atoms with Gasteiger partial charge in [-0.05, 0) is 112 Å². The van der Waals surface area contributed by atoms with Crippen molar-refractivity contribution in [3.8, 4) is 32.7 Å². The lowest BCUT2D eigenvalue weighted by atomic mass is 9.80. The molecule has 1 aromatic heterocycles. The molecular weight excluding hydrogens is 681 g/mol. The second-order valence-corrected chi connectivity index (χ2v) is 16.7. The average Bonchev–Trinajstić information content (AvgIpc) is 3.74. The minimum Gasteiger partial charge on any atom is -0.135 e. The molecule has 260 valence electrons. The molecule has 0 saturated carbocycles. The van der Waals surface area contributed by atoms with E-state index in [2.05, 4.69) is 202 Å². The van der Waals surface area contributed by atoms with Gasteiger partial charge in [0.2, 0.25) is 0 Å². The van der Waals surface area contributed by atoms with Crippen molar-refractivity contribution in [3.05, 3.63) is 216 Å². The molecule has 0 bridgehead atoms. The Labute approximate surface area is 326 Å². The topological polar surface area (TPSA) is 0 Å². The smallest absolute Gasteiger partial charge is 0.0399 e. The van der Waals surface area contributed by atoms with Gasteiger partial charge in [0, 0.05) is 20.9 Å². The average molecular weight is 719 g/mol. The summed E-state index contributed by atoms with van der Waals surface area (Å²) in [5.74, 6) is 0.0664. The van der Waals surface area contributed by atoms with Gasteiger partial charge in [-0.3, -0.25) is 0 Å². The van der Waals surface area contributed by atoms with Gasteiger partial charge in [0.15, 0.2) is 0 Å². The Balaban J connectivity index is 1.03. The first-order chi connectivity index (χ1) is 27.0. The first kappa shape index (κ1) is 32.2. The predicted octanol–water partition coefficient (Wildman–Crippen LogP) is 15.2. The number of benzene rings is 9. The molecule has 0 spiro atoms. The Bertz CT molecular complexity index is 3050. The Morgan fingerprint density at radius 1 is 0.382 bits per heavy atom. The zero-order chi connectivity index (χ0) is 36.7. The molecule has 1 aliphatic rings. The molecule has 1 atom stereocenters. The summed E-state index contributed by atoms with van der Waals surface area (Å²) in [5, 5.41) is 9.21. The number of fused-ring (bicyclic) bond motifs is 11. The van der Waals surface area contributed by atoms with Crippen molar-refractivity contribution in [2.24, 2.45) is 0 Å². The summed E-state index contributed by atoms with van der Waals surface area (Å²) >= 11 is 1.93. The lowest BCUT2D eigenvalue weighted by Crippen LogP contribution is -2.15. The van der Waals surface area contributed by atoms with E-state index in [0.29, 0.717) is 0 Å². The molecule has 10 aromatic rings. The van der Waals surface area contributed by atoms with Gasteiger partial charge in [-0.2, -0.15) is 0 Å². The van der Waals surface area contributed by atoms with Crippen LogP contribution in [0.3, 0.4) is 0 Å². The SMILES string of the molecule is CC1(C)c2cc(-c3ccc(C(c4ccc(-c5ccccc5)cc4)c4ccc5c6ccccc6c6ccccc6c5c4)cc3)ccc2-c2sc3ccccc3c21.